The topological polar surface area (TPSA) is 112 Å². The van der Waals surface area contributed by atoms with Gasteiger partial charge < -0.3 is 5.11 Å². The zero-order valence-corrected chi connectivity index (χ0v) is 12.3. The molecule has 0 amide bonds. The molecule has 2 unspecified atom stereocenters. The van der Waals surface area contributed by atoms with Gasteiger partial charge in [0.05, 0.1) is 17.3 Å². The molecule has 1 heterocycles. The third kappa shape index (κ3) is 2.85. The largest absolute Gasteiger partial charge is 0.481 e. The smallest absolute Gasteiger partial charge is 0.308 e. The van der Waals surface area contributed by atoms with Crippen LogP contribution in [0, 0.1) is 19.8 Å². The van der Waals surface area contributed by atoms with Gasteiger partial charge in [0.15, 0.2) is 0 Å². The zero-order chi connectivity index (χ0) is 14.9. The molecular formula is C12H19N3O4S. The van der Waals surface area contributed by atoms with Crippen LogP contribution in [0.15, 0.2) is 4.90 Å². The Balaban J connectivity index is 2.25. The number of aliphatic carboxylic acids is 1. The Labute approximate surface area is 117 Å². The molecule has 3 N–H and O–H groups in total. The molecule has 0 bridgehead atoms. The molecule has 1 fully saturated rings. The fourth-order valence-electron chi connectivity index (χ4n) is 2.76. The Morgan fingerprint density at radius 1 is 1.35 bits per heavy atom. The number of aryl methyl sites for hydroxylation is 2. The maximum Gasteiger partial charge on any atom is 0.308 e. The number of rotatable bonds is 4. The monoisotopic (exact) mass is 301 g/mol. The number of aromatic amines is 1. The molecule has 112 valence electrons. The summed E-state index contributed by atoms with van der Waals surface area (Å²) in [6.45, 7) is 3.23. The fourth-order valence-corrected chi connectivity index (χ4v) is 4.44. The number of hydrogen-bond acceptors (Lipinski definition) is 4. The first-order valence-corrected chi connectivity index (χ1v) is 8.08. The molecule has 8 heteroatoms. The molecule has 2 atom stereocenters. The van der Waals surface area contributed by atoms with Crippen LogP contribution in [0.2, 0.25) is 0 Å². The van der Waals surface area contributed by atoms with Crippen molar-refractivity contribution in [1.82, 2.24) is 14.9 Å². The van der Waals surface area contributed by atoms with Gasteiger partial charge in [-0.25, -0.2) is 13.1 Å². The van der Waals surface area contributed by atoms with E-state index in [1.165, 1.54) is 0 Å². The van der Waals surface area contributed by atoms with Crippen LogP contribution in [0.25, 0.3) is 0 Å². The highest BCUT2D eigenvalue weighted by Gasteiger charge is 2.35. The highest BCUT2D eigenvalue weighted by molar-refractivity contribution is 7.89. The second-order valence-corrected chi connectivity index (χ2v) is 6.87. The lowest BCUT2D eigenvalue weighted by Gasteiger charge is -2.28. The number of nitrogens with one attached hydrogen (secondary N) is 2. The van der Waals surface area contributed by atoms with Crippen LogP contribution in [-0.2, 0) is 14.8 Å². The second-order valence-electron chi connectivity index (χ2n) is 5.22. The summed E-state index contributed by atoms with van der Waals surface area (Å²) >= 11 is 0. The van der Waals surface area contributed by atoms with Gasteiger partial charge in [-0.3, -0.25) is 9.89 Å². The molecule has 0 aliphatic heterocycles. The van der Waals surface area contributed by atoms with Crippen molar-refractivity contribution in [3.05, 3.63) is 11.4 Å². The fraction of sp³-hybridized carbons (Fsp3) is 0.667. The van der Waals surface area contributed by atoms with Crippen molar-refractivity contribution in [2.45, 2.75) is 50.5 Å². The Morgan fingerprint density at radius 2 is 2.00 bits per heavy atom. The van der Waals surface area contributed by atoms with E-state index in [1.54, 1.807) is 13.8 Å². The molecule has 0 spiro atoms. The van der Waals surface area contributed by atoms with E-state index in [2.05, 4.69) is 14.9 Å². The van der Waals surface area contributed by atoms with Gasteiger partial charge in [0.25, 0.3) is 0 Å². The molecule has 2 rings (SSSR count). The summed E-state index contributed by atoms with van der Waals surface area (Å²) in [5.41, 5.74) is 0.843. The minimum atomic E-state index is -3.75. The molecule has 1 saturated carbocycles. The zero-order valence-electron chi connectivity index (χ0n) is 11.5. The first-order chi connectivity index (χ1) is 9.33. The van der Waals surface area contributed by atoms with E-state index >= 15 is 0 Å². The molecule has 7 nitrogen and oxygen atoms in total. The van der Waals surface area contributed by atoms with E-state index in [-0.39, 0.29) is 4.90 Å². The number of carboxylic acids is 1. The average molecular weight is 301 g/mol. The Kier molecular flexibility index (Phi) is 4.14. The second kappa shape index (κ2) is 5.53. The van der Waals surface area contributed by atoms with Crippen molar-refractivity contribution in [3.8, 4) is 0 Å². The first kappa shape index (κ1) is 15.0. The van der Waals surface area contributed by atoms with E-state index in [9.17, 15) is 18.3 Å². The Bertz CT molecular complexity index is 589. The third-order valence-corrected chi connectivity index (χ3v) is 5.47. The molecule has 0 saturated heterocycles. The van der Waals surface area contributed by atoms with Crippen molar-refractivity contribution in [3.63, 3.8) is 0 Å². The summed E-state index contributed by atoms with van der Waals surface area (Å²) < 4.78 is 27.4. The molecule has 0 aromatic carbocycles. The third-order valence-electron chi connectivity index (χ3n) is 3.72. The summed E-state index contributed by atoms with van der Waals surface area (Å²) in [7, 11) is -3.75. The maximum absolute atomic E-state index is 12.4. The van der Waals surface area contributed by atoms with E-state index in [0.29, 0.717) is 24.2 Å². The van der Waals surface area contributed by atoms with Gasteiger partial charge in [0.2, 0.25) is 10.0 Å². The molecule has 1 aliphatic rings. The van der Waals surface area contributed by atoms with Gasteiger partial charge in [0.1, 0.15) is 4.90 Å². The quantitative estimate of drug-likeness (QED) is 0.766. The normalized spacial score (nSPS) is 23.7. The summed E-state index contributed by atoms with van der Waals surface area (Å²) in [5.74, 6) is -1.61. The van der Waals surface area contributed by atoms with Gasteiger partial charge >= 0.3 is 5.97 Å². The SMILES string of the molecule is Cc1n[nH]c(C)c1S(=O)(=O)NC1CCCCC1C(=O)O. The van der Waals surface area contributed by atoms with Crippen LogP contribution in [0.4, 0.5) is 0 Å². The first-order valence-electron chi connectivity index (χ1n) is 6.59. The molecule has 0 radical (unpaired) electrons. The summed E-state index contributed by atoms with van der Waals surface area (Å²) in [6, 6.07) is -0.556. The van der Waals surface area contributed by atoms with Gasteiger partial charge in [-0.05, 0) is 26.7 Å². The molecular weight excluding hydrogens is 282 g/mol. The van der Waals surface area contributed by atoms with Crippen molar-refractivity contribution in [2.24, 2.45) is 5.92 Å². The summed E-state index contributed by atoms with van der Waals surface area (Å²) in [6.07, 6.45) is 2.71. The van der Waals surface area contributed by atoms with E-state index < -0.39 is 28.0 Å². The van der Waals surface area contributed by atoms with Crippen LogP contribution in [0.3, 0.4) is 0 Å². The average Bonchev–Trinajstić information content (AvgIpc) is 2.69. The lowest BCUT2D eigenvalue weighted by atomic mass is 9.85. The predicted molar refractivity (Wildman–Crippen MR) is 71.8 cm³/mol. The minimum absolute atomic E-state index is 0.118. The number of hydrogen-bond donors (Lipinski definition) is 3. The van der Waals surface area contributed by atoms with Crippen molar-refractivity contribution < 1.29 is 18.3 Å². The van der Waals surface area contributed by atoms with Gasteiger partial charge in [-0.15, -0.1) is 0 Å². The van der Waals surface area contributed by atoms with Crippen molar-refractivity contribution in [1.29, 1.82) is 0 Å². The van der Waals surface area contributed by atoms with Crippen LogP contribution in [-0.4, -0.2) is 35.7 Å². The summed E-state index contributed by atoms with van der Waals surface area (Å²) in [5, 5.41) is 15.7. The van der Waals surface area contributed by atoms with E-state index in [4.69, 9.17) is 0 Å². The highest BCUT2D eigenvalue weighted by atomic mass is 32.2. The van der Waals surface area contributed by atoms with Crippen LogP contribution < -0.4 is 4.72 Å². The van der Waals surface area contributed by atoms with Crippen molar-refractivity contribution in [2.75, 3.05) is 0 Å². The van der Waals surface area contributed by atoms with Gasteiger partial charge in [-0.2, -0.15) is 5.10 Å². The molecule has 1 aromatic rings. The van der Waals surface area contributed by atoms with E-state index in [0.717, 1.165) is 12.8 Å². The number of sulfonamides is 1. The van der Waals surface area contributed by atoms with Crippen LogP contribution >= 0.6 is 0 Å². The number of carboxylic acid groups (broad SMARTS) is 1. The van der Waals surface area contributed by atoms with Crippen LogP contribution in [0.5, 0.6) is 0 Å². The molecule has 1 aliphatic carbocycles. The summed E-state index contributed by atoms with van der Waals surface area (Å²) in [4.78, 5) is 11.3. The number of H-pyrrole nitrogens is 1. The van der Waals surface area contributed by atoms with Gasteiger partial charge in [0, 0.05) is 6.04 Å². The van der Waals surface area contributed by atoms with E-state index in [1.807, 2.05) is 0 Å². The number of aromatic nitrogens is 2. The Morgan fingerprint density at radius 3 is 2.55 bits per heavy atom. The van der Waals surface area contributed by atoms with Gasteiger partial charge in [-0.1, -0.05) is 12.8 Å². The minimum Gasteiger partial charge on any atom is -0.481 e. The Hall–Kier alpha value is -1.41. The number of nitrogens with zero attached hydrogens (tertiary/aromatic N) is 1. The molecule has 20 heavy (non-hydrogen) atoms. The highest BCUT2D eigenvalue weighted by Crippen LogP contribution is 2.27. The predicted octanol–water partition coefficient (Wildman–Crippen LogP) is 0.948. The lowest BCUT2D eigenvalue weighted by molar-refractivity contribution is -0.143. The lowest BCUT2D eigenvalue weighted by Crippen LogP contribution is -2.45. The number of carbonyl (C=O) groups is 1. The van der Waals surface area contributed by atoms with Crippen molar-refractivity contribution >= 4 is 16.0 Å². The molecule has 1 aromatic heterocycles. The maximum atomic E-state index is 12.4. The standard InChI is InChI=1S/C12H19N3O4S/c1-7-11(8(2)14-13-7)20(18,19)15-10-6-4-3-5-9(10)12(16)17/h9-10,15H,3-6H2,1-2H3,(H,13,14)(H,16,17). The van der Waals surface area contributed by atoms with Crippen LogP contribution in [0.1, 0.15) is 37.1 Å².